The topological polar surface area (TPSA) is 78.5 Å². The summed E-state index contributed by atoms with van der Waals surface area (Å²) in [4.78, 5) is 12.9. The lowest BCUT2D eigenvalue weighted by Crippen LogP contribution is -2.36. The van der Waals surface area contributed by atoms with E-state index in [4.69, 9.17) is 0 Å². The van der Waals surface area contributed by atoms with E-state index >= 15 is 0 Å². The second kappa shape index (κ2) is 8.20. The molecule has 1 atom stereocenters. The minimum absolute atomic E-state index is 0.106. The number of sulfonamides is 1. The van der Waals surface area contributed by atoms with Crippen LogP contribution in [0.1, 0.15) is 36.2 Å². The number of benzene rings is 1. The molecule has 1 aliphatic rings. The zero-order valence-electron chi connectivity index (χ0n) is 14.6. The highest BCUT2D eigenvalue weighted by atomic mass is 32.2. The quantitative estimate of drug-likeness (QED) is 0.792. The number of hydrogen-bond acceptors (Lipinski definition) is 4. The molecule has 1 aliphatic heterocycles. The molecule has 0 bridgehead atoms. The highest BCUT2D eigenvalue weighted by Crippen LogP contribution is 2.27. The molecule has 1 fully saturated rings. The van der Waals surface area contributed by atoms with Crippen LogP contribution in [0.2, 0.25) is 0 Å². The summed E-state index contributed by atoms with van der Waals surface area (Å²) in [5.74, 6) is 0. The van der Waals surface area contributed by atoms with Crippen molar-refractivity contribution >= 4 is 27.4 Å². The van der Waals surface area contributed by atoms with Gasteiger partial charge >= 0.3 is 6.03 Å². The fourth-order valence-electron chi connectivity index (χ4n) is 2.89. The third kappa shape index (κ3) is 4.44. The predicted molar refractivity (Wildman–Crippen MR) is 103 cm³/mol. The standard InChI is InChI=1S/C18H23N3O3S2/c1-14(15-7-3-2-4-8-15)20-18(22)19-13-16-9-10-17(25-16)26(23,24)21-11-5-6-12-21/h2-4,7-10,14H,5-6,11-13H2,1H3,(H2,19,20,22). The van der Waals surface area contributed by atoms with Gasteiger partial charge in [0.2, 0.25) is 0 Å². The molecule has 8 heteroatoms. The van der Waals surface area contributed by atoms with E-state index in [1.165, 1.54) is 15.6 Å². The summed E-state index contributed by atoms with van der Waals surface area (Å²) in [6, 6.07) is 12.7. The van der Waals surface area contributed by atoms with Crippen molar-refractivity contribution in [2.75, 3.05) is 13.1 Å². The smallest absolute Gasteiger partial charge is 0.315 e. The maximum Gasteiger partial charge on any atom is 0.315 e. The summed E-state index contributed by atoms with van der Waals surface area (Å²) >= 11 is 1.21. The fraction of sp³-hybridized carbons (Fsp3) is 0.389. The summed E-state index contributed by atoms with van der Waals surface area (Å²) in [6.07, 6.45) is 1.83. The zero-order valence-corrected chi connectivity index (χ0v) is 16.3. The van der Waals surface area contributed by atoms with Crippen LogP contribution in [0.3, 0.4) is 0 Å². The molecule has 140 valence electrons. The molecular weight excluding hydrogens is 370 g/mol. The molecule has 2 amide bonds. The van der Waals surface area contributed by atoms with Gasteiger partial charge in [-0.15, -0.1) is 11.3 Å². The normalized spacial score (nSPS) is 16.3. The number of thiophene rings is 1. The summed E-state index contributed by atoms with van der Waals surface area (Å²) in [5.41, 5.74) is 1.03. The van der Waals surface area contributed by atoms with Crippen molar-refractivity contribution in [1.82, 2.24) is 14.9 Å². The van der Waals surface area contributed by atoms with Crippen LogP contribution in [0, 0.1) is 0 Å². The number of carbonyl (C=O) groups is 1. The van der Waals surface area contributed by atoms with Gasteiger partial charge in [-0.3, -0.25) is 0 Å². The molecule has 6 nitrogen and oxygen atoms in total. The number of amides is 2. The number of rotatable bonds is 6. The first-order valence-electron chi connectivity index (χ1n) is 8.65. The Morgan fingerprint density at radius 1 is 1.15 bits per heavy atom. The average Bonchev–Trinajstić information content (AvgIpc) is 3.33. The van der Waals surface area contributed by atoms with Crippen LogP contribution < -0.4 is 10.6 Å². The summed E-state index contributed by atoms with van der Waals surface area (Å²) in [5, 5.41) is 5.66. The number of urea groups is 1. The number of nitrogens with one attached hydrogen (secondary N) is 2. The van der Waals surface area contributed by atoms with E-state index < -0.39 is 10.0 Å². The van der Waals surface area contributed by atoms with Gasteiger partial charge in [-0.2, -0.15) is 4.31 Å². The molecule has 26 heavy (non-hydrogen) atoms. The van der Waals surface area contributed by atoms with E-state index in [1.54, 1.807) is 12.1 Å². The largest absolute Gasteiger partial charge is 0.333 e. The second-order valence-electron chi connectivity index (χ2n) is 6.29. The third-order valence-corrected chi connectivity index (χ3v) is 7.82. The second-order valence-corrected chi connectivity index (χ2v) is 9.62. The molecule has 0 spiro atoms. The molecule has 1 aromatic heterocycles. The summed E-state index contributed by atoms with van der Waals surface area (Å²) in [6.45, 7) is 3.40. The van der Waals surface area contributed by atoms with Gasteiger partial charge in [-0.25, -0.2) is 13.2 Å². The van der Waals surface area contributed by atoms with E-state index in [1.807, 2.05) is 37.3 Å². The van der Waals surface area contributed by atoms with E-state index in [9.17, 15) is 13.2 Å². The van der Waals surface area contributed by atoms with E-state index in [0.717, 1.165) is 23.3 Å². The molecule has 1 unspecified atom stereocenters. The van der Waals surface area contributed by atoms with Gasteiger partial charge in [0.05, 0.1) is 12.6 Å². The van der Waals surface area contributed by atoms with E-state index in [-0.39, 0.29) is 12.1 Å². The van der Waals surface area contributed by atoms with Crippen molar-refractivity contribution in [3.63, 3.8) is 0 Å². The first-order chi connectivity index (χ1) is 12.5. The Morgan fingerprint density at radius 3 is 2.54 bits per heavy atom. The Hall–Kier alpha value is -1.90. The van der Waals surface area contributed by atoms with Crippen LogP contribution in [0.15, 0.2) is 46.7 Å². The summed E-state index contributed by atoms with van der Waals surface area (Å²) in [7, 11) is -3.39. The van der Waals surface area contributed by atoms with Crippen LogP contribution in [0.25, 0.3) is 0 Å². The average molecular weight is 394 g/mol. The highest BCUT2D eigenvalue weighted by Gasteiger charge is 2.28. The van der Waals surface area contributed by atoms with Gasteiger partial charge in [-0.05, 0) is 37.5 Å². The van der Waals surface area contributed by atoms with Crippen molar-refractivity contribution in [1.29, 1.82) is 0 Å². The van der Waals surface area contributed by atoms with Crippen LogP contribution in [-0.4, -0.2) is 31.8 Å². The molecular formula is C18H23N3O3S2. The SMILES string of the molecule is CC(NC(=O)NCc1ccc(S(=O)(=O)N2CCCC2)s1)c1ccccc1. The van der Waals surface area contributed by atoms with Gasteiger partial charge < -0.3 is 10.6 Å². The minimum Gasteiger partial charge on any atom is -0.333 e. The molecule has 1 aromatic carbocycles. The lowest BCUT2D eigenvalue weighted by atomic mass is 10.1. The fourth-order valence-corrected chi connectivity index (χ4v) is 5.85. The molecule has 0 saturated carbocycles. The minimum atomic E-state index is -3.39. The Kier molecular flexibility index (Phi) is 5.95. The zero-order chi connectivity index (χ0) is 18.6. The van der Waals surface area contributed by atoms with Crippen LogP contribution in [-0.2, 0) is 16.6 Å². The highest BCUT2D eigenvalue weighted by molar-refractivity contribution is 7.91. The summed E-state index contributed by atoms with van der Waals surface area (Å²) < 4.78 is 26.9. The van der Waals surface area contributed by atoms with E-state index in [0.29, 0.717) is 23.8 Å². The Labute approximate surface area is 158 Å². The van der Waals surface area contributed by atoms with E-state index in [2.05, 4.69) is 10.6 Å². The predicted octanol–water partition coefficient (Wildman–Crippen LogP) is 3.09. The van der Waals surface area contributed by atoms with Crippen LogP contribution >= 0.6 is 11.3 Å². The number of carbonyl (C=O) groups excluding carboxylic acids is 1. The number of hydrogen-bond donors (Lipinski definition) is 2. The van der Waals surface area contributed by atoms with Gasteiger partial charge in [-0.1, -0.05) is 30.3 Å². The molecule has 0 radical (unpaired) electrons. The molecule has 2 heterocycles. The first-order valence-corrected chi connectivity index (χ1v) is 10.9. The Bertz CT molecular complexity index is 844. The monoisotopic (exact) mass is 393 g/mol. The molecule has 0 aliphatic carbocycles. The van der Waals surface area contributed by atoms with Crippen molar-refractivity contribution in [3.8, 4) is 0 Å². The first kappa shape index (κ1) is 18.9. The Morgan fingerprint density at radius 2 is 1.85 bits per heavy atom. The molecule has 3 rings (SSSR count). The van der Waals surface area contributed by atoms with Crippen molar-refractivity contribution in [2.45, 2.75) is 36.6 Å². The molecule has 2 aromatic rings. The number of nitrogens with zero attached hydrogens (tertiary/aromatic N) is 1. The van der Waals surface area contributed by atoms with Gasteiger partial charge in [0.15, 0.2) is 0 Å². The van der Waals surface area contributed by atoms with Crippen molar-refractivity contribution < 1.29 is 13.2 Å². The van der Waals surface area contributed by atoms with Gasteiger partial charge in [0.1, 0.15) is 4.21 Å². The third-order valence-electron chi connectivity index (χ3n) is 4.37. The van der Waals surface area contributed by atoms with Gasteiger partial charge in [0, 0.05) is 18.0 Å². The van der Waals surface area contributed by atoms with Crippen molar-refractivity contribution in [3.05, 3.63) is 52.9 Å². The van der Waals surface area contributed by atoms with Gasteiger partial charge in [0.25, 0.3) is 10.0 Å². The van der Waals surface area contributed by atoms with Crippen LogP contribution in [0.4, 0.5) is 4.79 Å². The lowest BCUT2D eigenvalue weighted by molar-refractivity contribution is 0.237. The van der Waals surface area contributed by atoms with Crippen LogP contribution in [0.5, 0.6) is 0 Å². The molecule has 2 N–H and O–H groups in total. The maximum atomic E-state index is 12.5. The molecule has 1 saturated heterocycles. The lowest BCUT2D eigenvalue weighted by Gasteiger charge is -2.15. The van der Waals surface area contributed by atoms with Crippen molar-refractivity contribution in [2.24, 2.45) is 0 Å². The maximum absolute atomic E-state index is 12.5. The Balaban J connectivity index is 1.54.